The minimum absolute atomic E-state index is 0.196. The molecule has 0 amide bonds. The summed E-state index contributed by atoms with van der Waals surface area (Å²) in [5.74, 6) is 0.854. The zero-order chi connectivity index (χ0) is 10.8. The number of aryl methyl sites for hydroxylation is 1. The van der Waals surface area contributed by atoms with Crippen molar-refractivity contribution in [2.45, 2.75) is 25.8 Å². The standard InChI is InChI=1S/C10H17ClN4/c1-7-13-9(10(11)14-7)8(6-12)15-4-2-3-5-15/h8H,2-6,12H2,1H3,(H,13,14). The van der Waals surface area contributed by atoms with E-state index in [1.54, 1.807) is 0 Å². The molecule has 3 N–H and O–H groups in total. The quantitative estimate of drug-likeness (QED) is 0.824. The molecule has 0 bridgehead atoms. The highest BCUT2D eigenvalue weighted by molar-refractivity contribution is 6.30. The van der Waals surface area contributed by atoms with Crippen LogP contribution in [-0.4, -0.2) is 34.5 Å². The number of halogens is 1. The van der Waals surface area contributed by atoms with Crippen molar-refractivity contribution in [3.05, 3.63) is 16.7 Å². The molecule has 1 aliphatic rings. The number of hydrogen-bond donors (Lipinski definition) is 2. The summed E-state index contributed by atoms with van der Waals surface area (Å²) >= 11 is 6.07. The highest BCUT2D eigenvalue weighted by Crippen LogP contribution is 2.27. The number of rotatable bonds is 3. The van der Waals surface area contributed by atoms with Gasteiger partial charge >= 0.3 is 0 Å². The first-order valence-electron chi connectivity index (χ1n) is 5.38. The fraction of sp³-hybridized carbons (Fsp3) is 0.700. The summed E-state index contributed by atoms with van der Waals surface area (Å²) in [6, 6.07) is 0.196. The van der Waals surface area contributed by atoms with Gasteiger partial charge in [-0.1, -0.05) is 11.6 Å². The van der Waals surface area contributed by atoms with Gasteiger partial charge in [0, 0.05) is 6.54 Å². The second kappa shape index (κ2) is 4.51. The molecule has 5 heteroatoms. The summed E-state index contributed by atoms with van der Waals surface area (Å²) in [5, 5.41) is 0.565. The van der Waals surface area contributed by atoms with E-state index in [-0.39, 0.29) is 6.04 Å². The van der Waals surface area contributed by atoms with Crippen LogP contribution in [0.25, 0.3) is 0 Å². The number of likely N-dealkylation sites (tertiary alicyclic amines) is 1. The molecule has 0 radical (unpaired) electrons. The Hall–Kier alpha value is -0.580. The van der Waals surface area contributed by atoms with Gasteiger partial charge in [0.15, 0.2) is 5.15 Å². The van der Waals surface area contributed by atoms with Crippen molar-refractivity contribution in [2.75, 3.05) is 19.6 Å². The lowest BCUT2D eigenvalue weighted by molar-refractivity contribution is 0.247. The van der Waals surface area contributed by atoms with Crippen LogP contribution in [0, 0.1) is 6.92 Å². The van der Waals surface area contributed by atoms with Crippen LogP contribution in [0.2, 0.25) is 5.15 Å². The van der Waals surface area contributed by atoms with Crippen molar-refractivity contribution in [1.82, 2.24) is 14.9 Å². The lowest BCUT2D eigenvalue weighted by Crippen LogP contribution is -2.31. The summed E-state index contributed by atoms with van der Waals surface area (Å²) in [6.07, 6.45) is 2.50. The van der Waals surface area contributed by atoms with Crippen molar-refractivity contribution in [2.24, 2.45) is 5.73 Å². The molecule has 1 atom stereocenters. The molecule has 1 unspecified atom stereocenters. The van der Waals surface area contributed by atoms with Crippen molar-refractivity contribution in [1.29, 1.82) is 0 Å². The number of aromatic amines is 1. The Balaban J connectivity index is 2.21. The molecule has 4 nitrogen and oxygen atoms in total. The zero-order valence-corrected chi connectivity index (χ0v) is 9.72. The molecule has 1 aromatic rings. The monoisotopic (exact) mass is 228 g/mol. The summed E-state index contributed by atoms with van der Waals surface area (Å²) in [7, 11) is 0. The predicted octanol–water partition coefficient (Wildman–Crippen LogP) is 1.47. The number of nitrogens with two attached hydrogens (primary N) is 1. The van der Waals surface area contributed by atoms with Gasteiger partial charge in [0.1, 0.15) is 5.82 Å². The maximum Gasteiger partial charge on any atom is 0.152 e. The van der Waals surface area contributed by atoms with E-state index in [4.69, 9.17) is 17.3 Å². The molecule has 15 heavy (non-hydrogen) atoms. The SMILES string of the molecule is Cc1nc(Cl)c(C(CN)N2CCCC2)[nH]1. The Labute approximate surface area is 94.8 Å². The fourth-order valence-electron chi connectivity index (χ4n) is 2.21. The summed E-state index contributed by atoms with van der Waals surface area (Å²) in [6.45, 7) is 4.71. The number of imidazole rings is 1. The van der Waals surface area contributed by atoms with Gasteiger partial charge in [0.2, 0.25) is 0 Å². The van der Waals surface area contributed by atoms with E-state index in [1.807, 2.05) is 6.92 Å². The molecule has 0 saturated carbocycles. The molecule has 84 valence electrons. The second-order valence-electron chi connectivity index (χ2n) is 4.02. The normalized spacial score (nSPS) is 19.7. The van der Waals surface area contributed by atoms with E-state index < -0.39 is 0 Å². The van der Waals surface area contributed by atoms with Crippen LogP contribution in [0.4, 0.5) is 0 Å². The first-order chi connectivity index (χ1) is 7.22. The Kier molecular flexibility index (Phi) is 3.29. The minimum atomic E-state index is 0.196. The van der Waals surface area contributed by atoms with Crippen molar-refractivity contribution in [3.63, 3.8) is 0 Å². The third-order valence-electron chi connectivity index (χ3n) is 2.94. The first kappa shape index (κ1) is 10.9. The van der Waals surface area contributed by atoms with Crippen LogP contribution in [0.15, 0.2) is 0 Å². The van der Waals surface area contributed by atoms with Crippen LogP contribution in [0.1, 0.15) is 30.4 Å². The van der Waals surface area contributed by atoms with Gasteiger partial charge in [-0.05, 0) is 32.9 Å². The predicted molar refractivity (Wildman–Crippen MR) is 60.9 cm³/mol. The average Bonchev–Trinajstić information content (AvgIpc) is 2.79. The Morgan fingerprint density at radius 1 is 1.53 bits per heavy atom. The van der Waals surface area contributed by atoms with Crippen LogP contribution in [0.5, 0.6) is 0 Å². The molecule has 0 aromatic carbocycles. The Morgan fingerprint density at radius 3 is 2.67 bits per heavy atom. The topological polar surface area (TPSA) is 57.9 Å². The van der Waals surface area contributed by atoms with Gasteiger partial charge in [-0.3, -0.25) is 4.90 Å². The lowest BCUT2D eigenvalue weighted by atomic mass is 10.2. The summed E-state index contributed by atoms with van der Waals surface area (Å²) < 4.78 is 0. The number of H-pyrrole nitrogens is 1. The van der Waals surface area contributed by atoms with Crippen molar-refractivity contribution >= 4 is 11.6 Å². The first-order valence-corrected chi connectivity index (χ1v) is 5.76. The van der Waals surface area contributed by atoms with E-state index in [0.717, 1.165) is 24.6 Å². The van der Waals surface area contributed by atoms with Crippen LogP contribution in [0.3, 0.4) is 0 Å². The van der Waals surface area contributed by atoms with Gasteiger partial charge in [-0.25, -0.2) is 4.98 Å². The third-order valence-corrected chi connectivity index (χ3v) is 3.23. The molecular weight excluding hydrogens is 212 g/mol. The largest absolute Gasteiger partial charge is 0.343 e. The highest BCUT2D eigenvalue weighted by atomic mass is 35.5. The summed E-state index contributed by atoms with van der Waals surface area (Å²) in [4.78, 5) is 9.76. The number of hydrogen-bond acceptors (Lipinski definition) is 3. The van der Waals surface area contributed by atoms with Gasteiger partial charge < -0.3 is 10.7 Å². The molecule has 0 aliphatic carbocycles. The average molecular weight is 229 g/mol. The molecule has 0 spiro atoms. The van der Waals surface area contributed by atoms with Gasteiger partial charge in [-0.2, -0.15) is 0 Å². The van der Waals surface area contributed by atoms with E-state index >= 15 is 0 Å². The van der Waals surface area contributed by atoms with Gasteiger partial charge in [0.25, 0.3) is 0 Å². The minimum Gasteiger partial charge on any atom is -0.343 e. The summed E-state index contributed by atoms with van der Waals surface area (Å²) in [5.41, 5.74) is 6.79. The maximum absolute atomic E-state index is 6.07. The van der Waals surface area contributed by atoms with Crippen LogP contribution < -0.4 is 5.73 Å². The van der Waals surface area contributed by atoms with E-state index in [2.05, 4.69) is 14.9 Å². The highest BCUT2D eigenvalue weighted by Gasteiger charge is 2.25. The lowest BCUT2D eigenvalue weighted by Gasteiger charge is -2.25. The number of nitrogens with one attached hydrogen (secondary N) is 1. The molecule has 2 rings (SSSR count). The van der Waals surface area contributed by atoms with Crippen LogP contribution >= 0.6 is 11.6 Å². The molecule has 1 fully saturated rings. The zero-order valence-electron chi connectivity index (χ0n) is 8.96. The van der Waals surface area contributed by atoms with E-state index in [0.29, 0.717) is 11.7 Å². The maximum atomic E-state index is 6.07. The Morgan fingerprint density at radius 2 is 2.20 bits per heavy atom. The molecule has 1 aromatic heterocycles. The van der Waals surface area contributed by atoms with Crippen molar-refractivity contribution in [3.8, 4) is 0 Å². The van der Waals surface area contributed by atoms with Crippen LogP contribution in [-0.2, 0) is 0 Å². The van der Waals surface area contributed by atoms with Gasteiger partial charge in [-0.15, -0.1) is 0 Å². The molecular formula is C10H17ClN4. The van der Waals surface area contributed by atoms with E-state index in [9.17, 15) is 0 Å². The fourth-order valence-corrected chi connectivity index (χ4v) is 2.51. The Bertz CT molecular complexity index is 330. The van der Waals surface area contributed by atoms with E-state index in [1.165, 1.54) is 12.8 Å². The smallest absolute Gasteiger partial charge is 0.152 e. The number of nitrogens with zero attached hydrogens (tertiary/aromatic N) is 2. The number of aromatic nitrogens is 2. The third kappa shape index (κ3) is 2.17. The molecule has 1 aliphatic heterocycles. The second-order valence-corrected chi connectivity index (χ2v) is 4.38. The van der Waals surface area contributed by atoms with Gasteiger partial charge in [0.05, 0.1) is 11.7 Å². The molecule has 2 heterocycles. The van der Waals surface area contributed by atoms with Crippen molar-refractivity contribution < 1.29 is 0 Å². The molecule has 1 saturated heterocycles.